The highest BCUT2D eigenvalue weighted by atomic mass is 32.2. The van der Waals surface area contributed by atoms with Crippen molar-refractivity contribution in [1.29, 1.82) is 0 Å². The number of benzene rings is 1. The van der Waals surface area contributed by atoms with E-state index >= 15 is 0 Å². The van der Waals surface area contributed by atoms with Gasteiger partial charge in [-0.05, 0) is 28.5 Å². The number of hydrogen-bond acceptors (Lipinski definition) is 7. The number of nitrogens with zero attached hydrogens (tertiary/aromatic N) is 2. The number of carbonyl (C=O) groups excluding carboxylic acids is 1. The third kappa shape index (κ3) is 3.43. The van der Waals surface area contributed by atoms with E-state index in [0.717, 1.165) is 0 Å². The molecule has 106 valence electrons. The first-order valence-electron chi connectivity index (χ1n) is 5.15. The molecule has 0 spiro atoms. The Hall–Kier alpha value is -2.66. The summed E-state index contributed by atoms with van der Waals surface area (Å²) < 4.78 is 28.2. The van der Waals surface area contributed by atoms with Crippen LogP contribution in [0.4, 0.5) is 17.2 Å². The van der Waals surface area contributed by atoms with Gasteiger partial charge < -0.3 is 11.1 Å². The number of carbonyl (C=O) groups is 1. The first-order chi connectivity index (χ1) is 9.35. The molecule has 0 fully saturated rings. The van der Waals surface area contributed by atoms with E-state index in [9.17, 15) is 13.2 Å². The summed E-state index contributed by atoms with van der Waals surface area (Å²) in [5.41, 5.74) is 5.70. The van der Waals surface area contributed by atoms with Crippen molar-refractivity contribution >= 4 is 33.3 Å². The molecule has 11 heteroatoms. The number of hydrogen-bond donors (Lipinski definition) is 4. The van der Waals surface area contributed by atoms with Crippen molar-refractivity contribution in [3.63, 3.8) is 0 Å². The lowest BCUT2D eigenvalue weighted by Crippen LogP contribution is -2.21. The van der Waals surface area contributed by atoms with Gasteiger partial charge in [0, 0.05) is 5.69 Å². The lowest BCUT2D eigenvalue weighted by molar-refractivity contribution is 0.101. The highest BCUT2D eigenvalue weighted by Crippen LogP contribution is 2.17. The summed E-state index contributed by atoms with van der Waals surface area (Å²) in [6.45, 7) is 0. The molecular weight excluding hydrogens is 288 g/mol. The molecule has 1 aromatic carbocycles. The second-order valence-electron chi connectivity index (χ2n) is 3.68. The average molecular weight is 298 g/mol. The van der Waals surface area contributed by atoms with E-state index in [0.29, 0.717) is 5.69 Å². The molecule has 0 aliphatic heterocycles. The minimum Gasteiger partial charge on any atom is -0.379 e. The summed E-state index contributed by atoms with van der Waals surface area (Å²) in [6.07, 6.45) is 0. The number of rotatable bonds is 4. The Morgan fingerprint density at radius 1 is 1.25 bits per heavy atom. The van der Waals surface area contributed by atoms with E-state index < -0.39 is 16.1 Å². The summed E-state index contributed by atoms with van der Waals surface area (Å²) >= 11 is 0. The van der Waals surface area contributed by atoms with Crippen molar-refractivity contribution in [3.8, 4) is 0 Å². The minimum absolute atomic E-state index is 0.152. The molecule has 6 N–H and O–H groups in total. The number of nitrogens with two attached hydrogens (primary N) is 2. The maximum absolute atomic E-state index is 11.8. The Morgan fingerprint density at radius 2 is 1.95 bits per heavy atom. The van der Waals surface area contributed by atoms with Crippen LogP contribution in [0.2, 0.25) is 0 Å². The smallest absolute Gasteiger partial charge is 0.296 e. The van der Waals surface area contributed by atoms with Gasteiger partial charge in [-0.15, -0.1) is 0 Å². The molecule has 20 heavy (non-hydrogen) atoms. The summed E-state index contributed by atoms with van der Waals surface area (Å²) in [7, 11) is -3.89. The van der Waals surface area contributed by atoms with E-state index in [1.807, 2.05) is 0 Å². The second kappa shape index (κ2) is 5.14. The molecule has 0 aliphatic rings. The monoisotopic (exact) mass is 298 g/mol. The molecule has 0 radical (unpaired) electrons. The Labute approximate surface area is 113 Å². The van der Waals surface area contributed by atoms with E-state index in [2.05, 4.69) is 25.0 Å². The van der Waals surface area contributed by atoms with Gasteiger partial charge in [0.25, 0.3) is 16.1 Å². The molecule has 0 bridgehead atoms. The van der Waals surface area contributed by atoms with Gasteiger partial charge in [-0.1, -0.05) is 6.07 Å². The molecule has 0 aliphatic carbocycles. The predicted octanol–water partition coefficient (Wildman–Crippen LogP) is -0.481. The Bertz CT molecular complexity index is 740. The van der Waals surface area contributed by atoms with Crippen LogP contribution in [0.1, 0.15) is 10.5 Å². The summed E-state index contributed by atoms with van der Waals surface area (Å²) in [5, 5.41) is 13.9. The first-order valence-corrected chi connectivity index (χ1v) is 6.70. The van der Waals surface area contributed by atoms with Crippen LogP contribution in [0.15, 0.2) is 28.9 Å². The zero-order valence-corrected chi connectivity index (χ0v) is 10.7. The van der Waals surface area contributed by atoms with Gasteiger partial charge in [-0.3, -0.25) is 9.52 Å². The Kier molecular flexibility index (Phi) is 3.54. The quantitative estimate of drug-likeness (QED) is 0.591. The topological polar surface area (TPSA) is 166 Å². The fourth-order valence-electron chi connectivity index (χ4n) is 1.37. The fraction of sp³-hybridized carbons (Fsp3) is 0. The van der Waals surface area contributed by atoms with Gasteiger partial charge in [0.15, 0.2) is 0 Å². The molecule has 0 saturated carbocycles. The maximum atomic E-state index is 11.8. The third-order valence-corrected chi connectivity index (χ3v) is 2.63. The molecule has 1 heterocycles. The lowest BCUT2D eigenvalue weighted by Gasteiger charge is -2.07. The van der Waals surface area contributed by atoms with Crippen molar-refractivity contribution in [1.82, 2.24) is 10.3 Å². The van der Waals surface area contributed by atoms with Crippen molar-refractivity contribution in [2.75, 3.05) is 15.8 Å². The second-order valence-corrected chi connectivity index (χ2v) is 4.97. The van der Waals surface area contributed by atoms with Crippen LogP contribution in [-0.2, 0) is 10.2 Å². The summed E-state index contributed by atoms with van der Waals surface area (Å²) in [4.78, 5) is 11.8. The van der Waals surface area contributed by atoms with E-state index in [4.69, 9.17) is 10.9 Å². The van der Waals surface area contributed by atoms with Gasteiger partial charge in [0.2, 0.25) is 11.5 Å². The van der Waals surface area contributed by atoms with Gasteiger partial charge in [-0.2, -0.15) is 8.42 Å². The number of nitrogen functional groups attached to an aromatic ring is 1. The van der Waals surface area contributed by atoms with Crippen molar-refractivity contribution in [2.24, 2.45) is 5.14 Å². The SMILES string of the molecule is Nc1nonc1C(=O)Nc1cccc(NS(N)(=O)=O)c1. The highest BCUT2D eigenvalue weighted by molar-refractivity contribution is 7.90. The van der Waals surface area contributed by atoms with Gasteiger partial charge in [-0.25, -0.2) is 9.77 Å². The van der Waals surface area contributed by atoms with Crippen molar-refractivity contribution < 1.29 is 17.8 Å². The molecule has 1 amide bonds. The molecule has 0 atom stereocenters. The number of aromatic nitrogens is 2. The zero-order valence-electron chi connectivity index (χ0n) is 9.90. The molecule has 10 nitrogen and oxygen atoms in total. The lowest BCUT2D eigenvalue weighted by atomic mass is 10.2. The average Bonchev–Trinajstić information content (AvgIpc) is 2.73. The van der Waals surface area contributed by atoms with Crippen molar-refractivity contribution in [3.05, 3.63) is 30.0 Å². The third-order valence-electron chi connectivity index (χ3n) is 2.11. The van der Waals surface area contributed by atoms with E-state index in [1.54, 1.807) is 0 Å². The number of amides is 1. The number of nitrogens with one attached hydrogen (secondary N) is 2. The van der Waals surface area contributed by atoms with Gasteiger partial charge in [0.1, 0.15) is 0 Å². The number of anilines is 3. The van der Waals surface area contributed by atoms with Crippen LogP contribution in [0.25, 0.3) is 0 Å². The van der Waals surface area contributed by atoms with Gasteiger partial charge in [0.05, 0.1) is 5.69 Å². The van der Waals surface area contributed by atoms with Crippen LogP contribution >= 0.6 is 0 Å². The molecule has 2 rings (SSSR count). The normalized spacial score (nSPS) is 11.1. The molecule has 0 saturated heterocycles. The summed E-state index contributed by atoms with van der Waals surface area (Å²) in [5.74, 6) is -0.794. The maximum Gasteiger partial charge on any atom is 0.296 e. The van der Waals surface area contributed by atoms with Crippen LogP contribution in [0.5, 0.6) is 0 Å². The van der Waals surface area contributed by atoms with E-state index in [-0.39, 0.29) is 17.2 Å². The molecule has 1 aromatic heterocycles. The standard InChI is InChI=1S/C9H10N6O4S/c10-8-7(13-19-14-8)9(16)12-5-2-1-3-6(4-5)15-20(11,17)18/h1-4,15H,(H2,10,14)(H,12,16)(H2,11,17,18). The van der Waals surface area contributed by atoms with Crippen LogP contribution < -0.4 is 20.9 Å². The molecular formula is C9H10N6O4S. The molecule has 2 aromatic rings. The largest absolute Gasteiger partial charge is 0.379 e. The first kappa shape index (κ1) is 13.8. The zero-order chi connectivity index (χ0) is 14.8. The predicted molar refractivity (Wildman–Crippen MR) is 69.8 cm³/mol. The van der Waals surface area contributed by atoms with Crippen LogP contribution in [-0.4, -0.2) is 24.6 Å². The highest BCUT2D eigenvalue weighted by Gasteiger charge is 2.16. The van der Waals surface area contributed by atoms with Crippen LogP contribution in [0, 0.1) is 0 Å². The van der Waals surface area contributed by atoms with Gasteiger partial charge >= 0.3 is 0 Å². The minimum atomic E-state index is -3.89. The van der Waals surface area contributed by atoms with Crippen LogP contribution in [0.3, 0.4) is 0 Å². The Morgan fingerprint density at radius 3 is 2.55 bits per heavy atom. The fourth-order valence-corrected chi connectivity index (χ4v) is 1.82. The van der Waals surface area contributed by atoms with E-state index in [1.165, 1.54) is 24.3 Å². The summed E-state index contributed by atoms with van der Waals surface area (Å²) in [6, 6.07) is 5.89. The van der Waals surface area contributed by atoms with Crippen molar-refractivity contribution in [2.45, 2.75) is 0 Å². The Balaban J connectivity index is 2.16. The molecule has 0 unspecified atom stereocenters.